The summed E-state index contributed by atoms with van der Waals surface area (Å²) in [7, 11) is 0. The van der Waals surface area contributed by atoms with Crippen LogP contribution in [0.4, 0.5) is 4.39 Å². The molecule has 0 fully saturated rings. The van der Waals surface area contributed by atoms with Crippen LogP contribution in [0.25, 0.3) is 0 Å². The van der Waals surface area contributed by atoms with Gasteiger partial charge in [0.1, 0.15) is 5.82 Å². The van der Waals surface area contributed by atoms with Crippen molar-refractivity contribution in [3.05, 3.63) is 35.6 Å². The van der Waals surface area contributed by atoms with Crippen LogP contribution in [0, 0.1) is 11.2 Å². The molecule has 1 aromatic carbocycles. The number of rotatable bonds is 5. The summed E-state index contributed by atoms with van der Waals surface area (Å²) in [5, 5.41) is 0.919. The molecule has 0 nitrogen and oxygen atoms in total. The summed E-state index contributed by atoms with van der Waals surface area (Å²) >= 11 is 3.53. The van der Waals surface area contributed by atoms with Gasteiger partial charge in [-0.1, -0.05) is 54.4 Å². The largest absolute Gasteiger partial charge is 0.207 e. The summed E-state index contributed by atoms with van der Waals surface area (Å²) < 4.78 is 13.5. The van der Waals surface area contributed by atoms with Crippen LogP contribution in [0.5, 0.6) is 0 Å². The first-order chi connectivity index (χ1) is 7.11. The lowest BCUT2D eigenvalue weighted by molar-refractivity contribution is 0.335. The summed E-state index contributed by atoms with van der Waals surface area (Å²) in [6.45, 7) is 4.37. The molecule has 15 heavy (non-hydrogen) atoms. The molecule has 0 aliphatic rings. The van der Waals surface area contributed by atoms with Crippen LogP contribution >= 0.6 is 15.9 Å². The van der Waals surface area contributed by atoms with E-state index in [1.807, 2.05) is 12.1 Å². The van der Waals surface area contributed by atoms with E-state index in [1.54, 1.807) is 6.07 Å². The van der Waals surface area contributed by atoms with E-state index in [9.17, 15) is 4.39 Å². The van der Waals surface area contributed by atoms with E-state index < -0.39 is 0 Å². The quantitative estimate of drug-likeness (QED) is 0.689. The third kappa shape index (κ3) is 3.60. The molecular formula is C13H18BrF. The molecule has 0 saturated heterocycles. The molecule has 84 valence electrons. The molecule has 0 bridgehead atoms. The van der Waals surface area contributed by atoms with Crippen LogP contribution in [0.3, 0.4) is 0 Å². The van der Waals surface area contributed by atoms with Crippen LogP contribution < -0.4 is 0 Å². The molecule has 0 aromatic heterocycles. The van der Waals surface area contributed by atoms with E-state index in [4.69, 9.17) is 0 Å². The Labute approximate surface area is 100 Å². The summed E-state index contributed by atoms with van der Waals surface area (Å²) in [5.41, 5.74) is 0.990. The average Bonchev–Trinajstić information content (AvgIpc) is 2.22. The Morgan fingerprint density at radius 2 is 2.00 bits per heavy atom. The number of alkyl halides is 1. The minimum absolute atomic E-state index is 0.0826. The second-order valence-electron chi connectivity index (χ2n) is 4.46. The van der Waals surface area contributed by atoms with Gasteiger partial charge in [0.25, 0.3) is 0 Å². The molecule has 1 unspecified atom stereocenters. The van der Waals surface area contributed by atoms with E-state index in [0.29, 0.717) is 0 Å². The zero-order chi connectivity index (χ0) is 11.3. The third-order valence-electron chi connectivity index (χ3n) is 2.75. The Bertz CT molecular complexity index is 311. The maximum absolute atomic E-state index is 13.5. The molecule has 0 saturated carbocycles. The van der Waals surface area contributed by atoms with E-state index in [0.717, 1.165) is 30.2 Å². The molecule has 0 aliphatic carbocycles. The molecule has 1 rings (SSSR count). The molecule has 0 amide bonds. The Balaban J connectivity index is 2.79. The van der Waals surface area contributed by atoms with Gasteiger partial charge >= 0.3 is 0 Å². The normalized spacial score (nSPS) is 14.9. The first kappa shape index (κ1) is 12.7. The van der Waals surface area contributed by atoms with Gasteiger partial charge in [-0.3, -0.25) is 0 Å². The second kappa shape index (κ2) is 5.64. The van der Waals surface area contributed by atoms with Crippen molar-refractivity contribution in [3.63, 3.8) is 0 Å². The topological polar surface area (TPSA) is 0 Å². The fourth-order valence-electron chi connectivity index (χ4n) is 1.91. The lowest BCUT2D eigenvalue weighted by Crippen LogP contribution is -2.21. The lowest BCUT2D eigenvalue weighted by atomic mass is 9.81. The van der Waals surface area contributed by atoms with Crippen LogP contribution in [0.1, 0.15) is 32.3 Å². The molecular weight excluding hydrogens is 255 g/mol. The zero-order valence-electron chi connectivity index (χ0n) is 9.39. The molecule has 0 aliphatic heterocycles. The number of hydrogen-bond acceptors (Lipinski definition) is 0. The summed E-state index contributed by atoms with van der Waals surface area (Å²) in [6, 6.07) is 7.06. The maximum Gasteiger partial charge on any atom is 0.126 e. The fraction of sp³-hybridized carbons (Fsp3) is 0.538. The minimum atomic E-state index is -0.0826. The summed E-state index contributed by atoms with van der Waals surface area (Å²) in [5.74, 6) is -0.0826. The Morgan fingerprint density at radius 3 is 2.53 bits per heavy atom. The third-order valence-corrected chi connectivity index (χ3v) is 4.10. The first-order valence-corrected chi connectivity index (χ1v) is 6.53. The van der Waals surface area contributed by atoms with Gasteiger partial charge in [0.2, 0.25) is 0 Å². The molecule has 2 heteroatoms. The molecule has 0 radical (unpaired) electrons. The lowest BCUT2D eigenvalue weighted by Gasteiger charge is -2.27. The highest BCUT2D eigenvalue weighted by Crippen LogP contribution is 2.31. The molecule has 1 atom stereocenters. The first-order valence-electron chi connectivity index (χ1n) is 5.40. The Hall–Kier alpha value is -0.370. The summed E-state index contributed by atoms with van der Waals surface area (Å²) in [4.78, 5) is 0. The van der Waals surface area contributed by atoms with Crippen molar-refractivity contribution in [1.82, 2.24) is 0 Å². The highest BCUT2D eigenvalue weighted by molar-refractivity contribution is 9.09. The Morgan fingerprint density at radius 1 is 1.33 bits per heavy atom. The van der Waals surface area contributed by atoms with Crippen molar-refractivity contribution >= 4 is 15.9 Å². The summed E-state index contributed by atoms with van der Waals surface area (Å²) in [6.07, 6.45) is 3.06. The van der Waals surface area contributed by atoms with Crippen molar-refractivity contribution in [3.8, 4) is 0 Å². The van der Waals surface area contributed by atoms with E-state index in [-0.39, 0.29) is 11.2 Å². The van der Waals surface area contributed by atoms with Crippen LogP contribution in [0.15, 0.2) is 24.3 Å². The molecule has 0 heterocycles. The highest BCUT2D eigenvalue weighted by Gasteiger charge is 2.23. The van der Waals surface area contributed by atoms with E-state index >= 15 is 0 Å². The molecule has 1 aromatic rings. The highest BCUT2D eigenvalue weighted by atomic mass is 79.9. The zero-order valence-corrected chi connectivity index (χ0v) is 11.0. The van der Waals surface area contributed by atoms with Gasteiger partial charge in [-0.05, 0) is 29.9 Å². The standard InChI is InChI=1S/C13H18BrF/c1-3-8-13(2,10-14)9-11-6-4-5-7-12(11)15/h4-7H,3,8-10H2,1-2H3. The Kier molecular flexibility index (Phi) is 4.78. The van der Waals surface area contributed by atoms with Crippen molar-refractivity contribution in [2.75, 3.05) is 5.33 Å². The van der Waals surface area contributed by atoms with Gasteiger partial charge in [-0.25, -0.2) is 4.39 Å². The van der Waals surface area contributed by atoms with Gasteiger partial charge < -0.3 is 0 Å². The predicted molar refractivity (Wildman–Crippen MR) is 66.9 cm³/mol. The van der Waals surface area contributed by atoms with Crippen molar-refractivity contribution < 1.29 is 4.39 Å². The van der Waals surface area contributed by atoms with E-state index in [1.165, 1.54) is 6.07 Å². The van der Waals surface area contributed by atoms with Gasteiger partial charge in [0.15, 0.2) is 0 Å². The van der Waals surface area contributed by atoms with Crippen molar-refractivity contribution in [1.29, 1.82) is 0 Å². The average molecular weight is 273 g/mol. The van der Waals surface area contributed by atoms with Crippen molar-refractivity contribution in [2.45, 2.75) is 33.1 Å². The fourth-order valence-corrected chi connectivity index (χ4v) is 2.39. The maximum atomic E-state index is 13.5. The van der Waals surface area contributed by atoms with Crippen molar-refractivity contribution in [2.24, 2.45) is 5.41 Å². The van der Waals surface area contributed by atoms with Gasteiger partial charge in [0, 0.05) is 5.33 Å². The predicted octanol–water partition coefficient (Wildman–Crippen LogP) is 4.57. The van der Waals surface area contributed by atoms with E-state index in [2.05, 4.69) is 29.8 Å². The van der Waals surface area contributed by atoms with Gasteiger partial charge in [-0.15, -0.1) is 0 Å². The SMILES string of the molecule is CCCC(C)(CBr)Cc1ccccc1F. The van der Waals surface area contributed by atoms with Crippen LogP contribution in [-0.2, 0) is 6.42 Å². The smallest absolute Gasteiger partial charge is 0.126 e. The second-order valence-corrected chi connectivity index (χ2v) is 5.02. The number of hydrogen-bond donors (Lipinski definition) is 0. The van der Waals surface area contributed by atoms with Gasteiger partial charge in [-0.2, -0.15) is 0 Å². The minimum Gasteiger partial charge on any atom is -0.207 e. The van der Waals surface area contributed by atoms with Gasteiger partial charge in [0.05, 0.1) is 0 Å². The monoisotopic (exact) mass is 272 g/mol. The van der Waals surface area contributed by atoms with Crippen LogP contribution in [0.2, 0.25) is 0 Å². The molecule has 0 spiro atoms. The van der Waals surface area contributed by atoms with Crippen LogP contribution in [-0.4, -0.2) is 5.33 Å². The number of benzene rings is 1. The number of halogens is 2. The molecule has 0 N–H and O–H groups in total.